The van der Waals surface area contributed by atoms with E-state index in [9.17, 15) is 0 Å². The molecule has 3 unspecified atom stereocenters. The summed E-state index contributed by atoms with van der Waals surface area (Å²) in [6.45, 7) is 11.9. The van der Waals surface area contributed by atoms with Gasteiger partial charge in [-0.1, -0.05) is 40.7 Å². The molecule has 0 aromatic carbocycles. The molecule has 19 heavy (non-hydrogen) atoms. The van der Waals surface area contributed by atoms with Gasteiger partial charge in [0.25, 0.3) is 0 Å². The zero-order valence-corrected chi connectivity index (χ0v) is 13.9. The lowest BCUT2D eigenvalue weighted by molar-refractivity contribution is 0.136. The molecule has 0 bridgehead atoms. The summed E-state index contributed by atoms with van der Waals surface area (Å²) in [6.07, 6.45) is 4.02. The van der Waals surface area contributed by atoms with Gasteiger partial charge in [-0.25, -0.2) is 0 Å². The fraction of sp³-hybridized carbons (Fsp3) is 0.765. The average Bonchev–Trinajstić information content (AvgIpc) is 2.79. The number of hydrogen-bond donors (Lipinski definition) is 1. The summed E-state index contributed by atoms with van der Waals surface area (Å²) < 4.78 is 0. The molecule has 0 amide bonds. The molecule has 1 N–H and O–H groups in total. The third-order valence-corrected chi connectivity index (χ3v) is 5.56. The Morgan fingerprint density at radius 3 is 2.63 bits per heavy atom. The van der Waals surface area contributed by atoms with Gasteiger partial charge in [-0.15, -0.1) is 11.3 Å². The van der Waals surface area contributed by atoms with Gasteiger partial charge < -0.3 is 5.32 Å². The summed E-state index contributed by atoms with van der Waals surface area (Å²) in [7, 11) is 0. The van der Waals surface area contributed by atoms with Crippen molar-refractivity contribution in [2.45, 2.75) is 66.0 Å². The van der Waals surface area contributed by atoms with E-state index in [1.54, 1.807) is 0 Å². The number of nitrogens with one attached hydrogen (secondary N) is 1. The Morgan fingerprint density at radius 1 is 1.37 bits per heavy atom. The van der Waals surface area contributed by atoms with Gasteiger partial charge in [-0.05, 0) is 48.0 Å². The van der Waals surface area contributed by atoms with Crippen LogP contribution in [0.2, 0.25) is 0 Å². The predicted octanol–water partition coefficient (Wildman–Crippen LogP) is 5.25. The fourth-order valence-corrected chi connectivity index (χ4v) is 4.45. The SMILES string of the molecule is CC(C)C(NC1CCC(C)(C)CC1C)c1cccs1. The van der Waals surface area contributed by atoms with Gasteiger partial charge in [0.2, 0.25) is 0 Å². The van der Waals surface area contributed by atoms with E-state index in [0.29, 0.717) is 23.4 Å². The van der Waals surface area contributed by atoms with Gasteiger partial charge in [0.05, 0.1) is 0 Å². The molecule has 1 heterocycles. The Hall–Kier alpha value is -0.340. The smallest absolute Gasteiger partial charge is 0.0440 e. The van der Waals surface area contributed by atoms with Crippen LogP contribution in [0.1, 0.15) is 64.8 Å². The number of hydrogen-bond acceptors (Lipinski definition) is 2. The maximum absolute atomic E-state index is 3.96. The molecule has 0 spiro atoms. The van der Waals surface area contributed by atoms with Crippen molar-refractivity contribution in [3.05, 3.63) is 22.4 Å². The van der Waals surface area contributed by atoms with Crippen molar-refractivity contribution in [3.8, 4) is 0 Å². The second-order valence-electron chi connectivity index (χ2n) is 7.39. The van der Waals surface area contributed by atoms with Crippen LogP contribution in [0, 0.1) is 17.3 Å². The first-order valence-corrected chi connectivity index (χ1v) is 8.56. The molecule has 1 fully saturated rings. The van der Waals surface area contributed by atoms with Crippen LogP contribution in [-0.4, -0.2) is 6.04 Å². The van der Waals surface area contributed by atoms with Gasteiger partial charge in [-0.3, -0.25) is 0 Å². The molecule has 1 nitrogen and oxygen atoms in total. The van der Waals surface area contributed by atoms with Crippen molar-refractivity contribution in [3.63, 3.8) is 0 Å². The highest BCUT2D eigenvalue weighted by Gasteiger charge is 2.34. The summed E-state index contributed by atoms with van der Waals surface area (Å²) in [5.74, 6) is 1.44. The fourth-order valence-electron chi connectivity index (χ4n) is 3.50. The Bertz CT molecular complexity index is 380. The topological polar surface area (TPSA) is 12.0 Å². The van der Waals surface area contributed by atoms with E-state index in [0.717, 1.165) is 5.92 Å². The number of rotatable bonds is 4. The highest BCUT2D eigenvalue weighted by atomic mass is 32.1. The van der Waals surface area contributed by atoms with Crippen LogP contribution in [0.4, 0.5) is 0 Å². The molecule has 0 aliphatic heterocycles. The van der Waals surface area contributed by atoms with Gasteiger partial charge in [-0.2, -0.15) is 0 Å². The van der Waals surface area contributed by atoms with Crippen LogP contribution in [0.5, 0.6) is 0 Å². The maximum atomic E-state index is 3.96. The van der Waals surface area contributed by atoms with E-state index in [-0.39, 0.29) is 0 Å². The first kappa shape index (κ1) is 15.1. The normalized spacial score (nSPS) is 28.5. The summed E-state index contributed by atoms with van der Waals surface area (Å²) in [5.41, 5.74) is 0.536. The van der Waals surface area contributed by atoms with E-state index >= 15 is 0 Å². The molecular weight excluding hydrogens is 250 g/mol. The minimum atomic E-state index is 0.522. The lowest BCUT2D eigenvalue weighted by Gasteiger charge is -2.41. The van der Waals surface area contributed by atoms with Crippen molar-refractivity contribution < 1.29 is 0 Å². The van der Waals surface area contributed by atoms with E-state index in [1.807, 2.05) is 11.3 Å². The lowest BCUT2D eigenvalue weighted by atomic mass is 9.70. The van der Waals surface area contributed by atoms with Gasteiger partial charge in [0, 0.05) is 17.0 Å². The molecule has 2 heteroatoms. The van der Waals surface area contributed by atoms with Crippen LogP contribution in [0.15, 0.2) is 17.5 Å². The third kappa shape index (κ3) is 3.82. The molecule has 108 valence electrons. The molecule has 2 rings (SSSR count). The van der Waals surface area contributed by atoms with E-state index in [4.69, 9.17) is 0 Å². The number of thiophene rings is 1. The first-order valence-electron chi connectivity index (χ1n) is 7.68. The van der Waals surface area contributed by atoms with Crippen molar-refractivity contribution in [1.29, 1.82) is 0 Å². The molecule has 1 saturated carbocycles. The molecule has 1 aromatic rings. The zero-order chi connectivity index (χ0) is 14.0. The molecular formula is C17H29NS. The second kappa shape index (κ2) is 5.97. The second-order valence-corrected chi connectivity index (χ2v) is 8.37. The average molecular weight is 279 g/mol. The summed E-state index contributed by atoms with van der Waals surface area (Å²) >= 11 is 1.89. The third-order valence-electron chi connectivity index (χ3n) is 4.60. The molecule has 0 saturated heterocycles. The summed E-state index contributed by atoms with van der Waals surface area (Å²) in [4.78, 5) is 1.49. The Morgan fingerprint density at radius 2 is 2.11 bits per heavy atom. The standard InChI is InChI=1S/C17H29NS/c1-12(2)16(15-7-6-10-19-15)18-14-8-9-17(4,5)11-13(14)3/h6-7,10,12-14,16,18H,8-9,11H2,1-5H3. The predicted molar refractivity (Wildman–Crippen MR) is 85.6 cm³/mol. The largest absolute Gasteiger partial charge is 0.306 e. The van der Waals surface area contributed by atoms with Crippen molar-refractivity contribution in [2.75, 3.05) is 0 Å². The lowest BCUT2D eigenvalue weighted by Crippen LogP contribution is -2.44. The van der Waals surface area contributed by atoms with E-state index in [1.165, 1.54) is 24.1 Å². The summed E-state index contributed by atoms with van der Waals surface area (Å²) in [5, 5.41) is 6.15. The van der Waals surface area contributed by atoms with E-state index in [2.05, 4.69) is 57.4 Å². The Kier molecular flexibility index (Phi) is 4.73. The Labute approximate surface area is 122 Å². The highest BCUT2D eigenvalue weighted by molar-refractivity contribution is 7.10. The Balaban J connectivity index is 2.03. The van der Waals surface area contributed by atoms with Gasteiger partial charge in [0.1, 0.15) is 0 Å². The molecule has 0 radical (unpaired) electrons. The van der Waals surface area contributed by atoms with Gasteiger partial charge >= 0.3 is 0 Å². The van der Waals surface area contributed by atoms with Crippen molar-refractivity contribution in [1.82, 2.24) is 5.32 Å². The van der Waals surface area contributed by atoms with Gasteiger partial charge in [0.15, 0.2) is 0 Å². The minimum Gasteiger partial charge on any atom is -0.306 e. The quantitative estimate of drug-likeness (QED) is 0.793. The van der Waals surface area contributed by atoms with Crippen LogP contribution >= 0.6 is 11.3 Å². The van der Waals surface area contributed by atoms with Crippen LogP contribution in [0.3, 0.4) is 0 Å². The molecule has 1 aromatic heterocycles. The highest BCUT2D eigenvalue weighted by Crippen LogP contribution is 2.40. The maximum Gasteiger partial charge on any atom is 0.0440 e. The van der Waals surface area contributed by atoms with Crippen LogP contribution in [-0.2, 0) is 0 Å². The zero-order valence-electron chi connectivity index (χ0n) is 13.1. The first-order chi connectivity index (χ1) is 8.89. The van der Waals surface area contributed by atoms with Crippen molar-refractivity contribution >= 4 is 11.3 Å². The van der Waals surface area contributed by atoms with Crippen LogP contribution < -0.4 is 5.32 Å². The molecule has 1 aliphatic carbocycles. The van der Waals surface area contributed by atoms with E-state index < -0.39 is 0 Å². The van der Waals surface area contributed by atoms with Crippen molar-refractivity contribution in [2.24, 2.45) is 17.3 Å². The molecule has 1 aliphatic rings. The van der Waals surface area contributed by atoms with Crippen LogP contribution in [0.25, 0.3) is 0 Å². The minimum absolute atomic E-state index is 0.522. The summed E-state index contributed by atoms with van der Waals surface area (Å²) in [6, 6.07) is 5.65. The monoisotopic (exact) mass is 279 g/mol. The molecule has 3 atom stereocenters.